The number of nitrogens with zero attached hydrogens (tertiary/aromatic N) is 2. The van der Waals surface area contributed by atoms with E-state index in [1.165, 1.54) is 16.8 Å². The average Bonchev–Trinajstić information content (AvgIpc) is 3.29. The lowest BCUT2D eigenvalue weighted by Gasteiger charge is -2.29. The van der Waals surface area contributed by atoms with E-state index in [1.807, 2.05) is 13.0 Å². The molecule has 0 bridgehead atoms. The fraction of sp³-hybridized carbons (Fsp3) is 0.323. The molecular formula is C31H34N2O4S. The van der Waals surface area contributed by atoms with Crippen LogP contribution in [0.2, 0.25) is 0 Å². The maximum Gasteiger partial charge on any atom is 0.374 e. The molecule has 38 heavy (non-hydrogen) atoms. The van der Waals surface area contributed by atoms with E-state index in [-0.39, 0.29) is 5.76 Å². The third-order valence-corrected chi connectivity index (χ3v) is 7.80. The van der Waals surface area contributed by atoms with E-state index < -0.39 is 5.97 Å². The number of fused-ring (bicyclic) bond motifs is 1. The number of rotatable bonds is 10. The summed E-state index contributed by atoms with van der Waals surface area (Å²) in [5, 5.41) is 0.941. The molecule has 0 N–H and O–H groups in total. The number of hydrogen-bond acceptors (Lipinski definition) is 7. The van der Waals surface area contributed by atoms with Crippen LogP contribution in [0.4, 0.5) is 5.69 Å². The number of carbonyl (C=O) groups excluding carboxylic acids is 1. The Kier molecular flexibility index (Phi) is 8.68. The third kappa shape index (κ3) is 6.41. The van der Waals surface area contributed by atoms with Gasteiger partial charge in [0.15, 0.2) is 0 Å². The molecule has 3 aromatic carbocycles. The fourth-order valence-corrected chi connectivity index (χ4v) is 5.68. The van der Waals surface area contributed by atoms with Crippen LogP contribution >= 0.6 is 11.9 Å². The Bertz CT molecular complexity index is 1350. The number of aryl methyl sites for hydroxylation is 1. The Hall–Kier alpha value is -3.26. The Morgan fingerprint density at radius 2 is 1.76 bits per heavy atom. The summed E-state index contributed by atoms with van der Waals surface area (Å²) in [5.74, 6) is -0.134. The van der Waals surface area contributed by atoms with E-state index in [0.29, 0.717) is 12.2 Å². The molecule has 5 rings (SSSR count). The number of furan rings is 1. The van der Waals surface area contributed by atoms with Crippen molar-refractivity contribution >= 4 is 34.6 Å². The lowest BCUT2D eigenvalue weighted by molar-refractivity contribution is 0.0491. The first-order valence-electron chi connectivity index (χ1n) is 13.2. The monoisotopic (exact) mass is 530 g/mol. The summed E-state index contributed by atoms with van der Waals surface area (Å²) in [4.78, 5) is 15.8. The van der Waals surface area contributed by atoms with E-state index in [9.17, 15) is 4.79 Å². The predicted molar refractivity (Wildman–Crippen MR) is 153 cm³/mol. The SMILES string of the molecule is CCOC(=O)c1oc2ccc(SN(CCc3ccccc3)Cc3ccc(N4CCOCC4)cc3)cc2c1C. The van der Waals surface area contributed by atoms with E-state index in [4.69, 9.17) is 13.9 Å². The quantitative estimate of drug-likeness (QED) is 0.171. The molecule has 0 unspecified atom stereocenters. The highest BCUT2D eigenvalue weighted by Gasteiger charge is 2.20. The van der Waals surface area contributed by atoms with Crippen molar-refractivity contribution in [3.8, 4) is 0 Å². The van der Waals surface area contributed by atoms with Gasteiger partial charge in [-0.25, -0.2) is 9.10 Å². The van der Waals surface area contributed by atoms with Gasteiger partial charge in [0, 0.05) is 47.7 Å². The predicted octanol–water partition coefficient (Wildman–Crippen LogP) is 6.51. The van der Waals surface area contributed by atoms with Gasteiger partial charge in [0.1, 0.15) is 5.58 Å². The van der Waals surface area contributed by atoms with Gasteiger partial charge in [-0.05, 0) is 73.7 Å². The maximum atomic E-state index is 12.3. The van der Waals surface area contributed by atoms with Crippen molar-refractivity contribution in [2.45, 2.75) is 31.7 Å². The zero-order valence-electron chi connectivity index (χ0n) is 22.0. The van der Waals surface area contributed by atoms with E-state index in [0.717, 1.165) is 61.7 Å². The minimum Gasteiger partial charge on any atom is -0.460 e. The van der Waals surface area contributed by atoms with Crippen molar-refractivity contribution in [2.75, 3.05) is 44.4 Å². The van der Waals surface area contributed by atoms with Gasteiger partial charge in [-0.3, -0.25) is 0 Å². The van der Waals surface area contributed by atoms with Crippen molar-refractivity contribution in [2.24, 2.45) is 0 Å². The van der Waals surface area contributed by atoms with Crippen molar-refractivity contribution < 1.29 is 18.7 Å². The van der Waals surface area contributed by atoms with E-state index >= 15 is 0 Å². The lowest BCUT2D eigenvalue weighted by atomic mass is 10.1. The van der Waals surface area contributed by atoms with E-state index in [2.05, 4.69) is 75.9 Å². The highest BCUT2D eigenvalue weighted by molar-refractivity contribution is 7.97. The van der Waals surface area contributed by atoms with Crippen LogP contribution in [0.25, 0.3) is 11.0 Å². The molecule has 7 heteroatoms. The zero-order chi connectivity index (χ0) is 26.3. The summed E-state index contributed by atoms with van der Waals surface area (Å²) in [6.07, 6.45) is 0.958. The molecule has 0 amide bonds. The van der Waals surface area contributed by atoms with Crippen molar-refractivity contribution in [1.29, 1.82) is 0 Å². The maximum absolute atomic E-state index is 12.3. The molecular weight excluding hydrogens is 496 g/mol. The van der Waals surface area contributed by atoms with Gasteiger partial charge in [0.25, 0.3) is 0 Å². The van der Waals surface area contributed by atoms with Crippen molar-refractivity contribution in [3.05, 3.63) is 95.2 Å². The summed E-state index contributed by atoms with van der Waals surface area (Å²) in [7, 11) is 0. The van der Waals surface area contributed by atoms with Gasteiger partial charge in [-0.15, -0.1) is 0 Å². The van der Waals surface area contributed by atoms with Crippen molar-refractivity contribution in [1.82, 2.24) is 4.31 Å². The van der Waals surface area contributed by atoms with E-state index in [1.54, 1.807) is 18.9 Å². The molecule has 198 valence electrons. The summed E-state index contributed by atoms with van der Waals surface area (Å²) in [6.45, 7) is 9.19. The molecule has 1 aliphatic rings. The van der Waals surface area contributed by atoms with Gasteiger partial charge in [-0.1, -0.05) is 42.5 Å². The van der Waals surface area contributed by atoms with Crippen LogP contribution in [0, 0.1) is 6.92 Å². The Morgan fingerprint density at radius 1 is 1.00 bits per heavy atom. The smallest absolute Gasteiger partial charge is 0.374 e. The second-order valence-corrected chi connectivity index (χ2v) is 10.6. The van der Waals surface area contributed by atoms with Crippen LogP contribution in [0.15, 0.2) is 82.1 Å². The number of anilines is 1. The molecule has 1 aliphatic heterocycles. The minimum absolute atomic E-state index is 0.283. The molecule has 0 aliphatic carbocycles. The normalized spacial score (nSPS) is 13.8. The number of benzene rings is 3. The van der Waals surface area contributed by atoms with Gasteiger partial charge in [-0.2, -0.15) is 0 Å². The topological polar surface area (TPSA) is 55.2 Å². The van der Waals surface area contributed by atoms with Crippen LogP contribution < -0.4 is 4.90 Å². The first kappa shape index (κ1) is 26.4. The van der Waals surface area contributed by atoms with Crippen LogP contribution in [0.3, 0.4) is 0 Å². The number of hydrogen-bond donors (Lipinski definition) is 0. The molecule has 0 atom stereocenters. The largest absolute Gasteiger partial charge is 0.460 e. The highest BCUT2D eigenvalue weighted by atomic mass is 32.2. The van der Waals surface area contributed by atoms with Crippen LogP contribution in [0.1, 0.15) is 34.2 Å². The summed E-state index contributed by atoms with van der Waals surface area (Å²) in [5.41, 5.74) is 5.35. The van der Waals surface area contributed by atoms with Crippen LogP contribution in [0.5, 0.6) is 0 Å². The number of morpholine rings is 1. The first-order valence-corrected chi connectivity index (χ1v) is 14.0. The molecule has 4 aromatic rings. The number of carbonyl (C=O) groups is 1. The molecule has 1 fully saturated rings. The highest BCUT2D eigenvalue weighted by Crippen LogP contribution is 2.32. The third-order valence-electron chi connectivity index (χ3n) is 6.77. The molecule has 0 saturated carbocycles. The standard InChI is InChI=1S/C31H34N2O4S/c1-3-36-31(34)30-23(2)28-21-27(13-14-29(28)37-30)38-33(16-15-24-7-5-4-6-8-24)22-25-9-11-26(12-10-25)32-17-19-35-20-18-32/h4-14,21H,3,15-20,22H2,1-2H3. The fourth-order valence-electron chi connectivity index (χ4n) is 4.69. The van der Waals surface area contributed by atoms with Crippen LogP contribution in [-0.2, 0) is 22.4 Å². The molecule has 1 aromatic heterocycles. The summed E-state index contributed by atoms with van der Waals surface area (Å²) >= 11 is 1.74. The average molecular weight is 531 g/mol. The lowest BCUT2D eigenvalue weighted by Crippen LogP contribution is -2.36. The Balaban J connectivity index is 1.34. The molecule has 0 radical (unpaired) electrons. The second kappa shape index (κ2) is 12.5. The van der Waals surface area contributed by atoms with Crippen molar-refractivity contribution in [3.63, 3.8) is 0 Å². The zero-order valence-corrected chi connectivity index (χ0v) is 22.8. The number of ether oxygens (including phenoxy) is 2. The Morgan fingerprint density at radius 3 is 2.50 bits per heavy atom. The van der Waals surface area contributed by atoms with Gasteiger partial charge in [0.2, 0.25) is 5.76 Å². The van der Waals surface area contributed by atoms with Gasteiger partial charge < -0.3 is 18.8 Å². The molecule has 2 heterocycles. The number of esters is 1. The molecule has 1 saturated heterocycles. The van der Waals surface area contributed by atoms with Crippen LogP contribution in [-0.4, -0.2) is 49.7 Å². The second-order valence-electron chi connectivity index (χ2n) is 9.39. The summed E-state index contributed by atoms with van der Waals surface area (Å²) in [6, 6.07) is 25.6. The first-order chi connectivity index (χ1) is 18.6. The molecule has 0 spiro atoms. The van der Waals surface area contributed by atoms with Gasteiger partial charge in [0.05, 0.1) is 19.8 Å². The molecule has 6 nitrogen and oxygen atoms in total. The summed E-state index contributed by atoms with van der Waals surface area (Å²) < 4.78 is 18.9. The Labute approximate surface area is 228 Å². The minimum atomic E-state index is -0.416. The van der Waals surface area contributed by atoms with Gasteiger partial charge >= 0.3 is 5.97 Å².